The molecule has 2 N–H and O–H groups in total. The number of nitrogens with one attached hydrogen (secondary N) is 2. The average molecular weight is 363 g/mol. The second kappa shape index (κ2) is 8.64. The number of benzene rings is 2. The first-order chi connectivity index (χ1) is 13.1. The Morgan fingerprint density at radius 2 is 1.93 bits per heavy atom. The van der Waals surface area contributed by atoms with Crippen molar-refractivity contribution in [1.82, 2.24) is 10.2 Å². The molecule has 140 valence electrons. The summed E-state index contributed by atoms with van der Waals surface area (Å²) in [5.41, 5.74) is 3.92. The molecule has 2 aromatic rings. The summed E-state index contributed by atoms with van der Waals surface area (Å²) in [5, 5.41) is 6.24. The minimum absolute atomic E-state index is 0.0776. The van der Waals surface area contributed by atoms with Gasteiger partial charge in [-0.2, -0.15) is 0 Å². The van der Waals surface area contributed by atoms with Gasteiger partial charge >= 0.3 is 0 Å². The lowest BCUT2D eigenvalue weighted by molar-refractivity contribution is -0.129. The zero-order valence-electron chi connectivity index (χ0n) is 15.7. The lowest BCUT2D eigenvalue weighted by atomic mass is 9.93. The van der Waals surface area contributed by atoms with Gasteiger partial charge in [0.15, 0.2) is 0 Å². The SMILES string of the molecule is CCNCc1cccc(NC(=O)CC2c3ccccc3C=CN2C(C)=O)c1. The van der Waals surface area contributed by atoms with Gasteiger partial charge in [-0.3, -0.25) is 9.59 Å². The first kappa shape index (κ1) is 18.9. The molecule has 1 aliphatic rings. The summed E-state index contributed by atoms with van der Waals surface area (Å²) in [6, 6.07) is 15.4. The Balaban J connectivity index is 1.74. The summed E-state index contributed by atoms with van der Waals surface area (Å²) < 4.78 is 0. The van der Waals surface area contributed by atoms with Gasteiger partial charge in [-0.15, -0.1) is 0 Å². The summed E-state index contributed by atoms with van der Waals surface area (Å²) in [4.78, 5) is 26.4. The Morgan fingerprint density at radius 3 is 2.70 bits per heavy atom. The predicted octanol–water partition coefficient (Wildman–Crippen LogP) is 3.70. The highest BCUT2D eigenvalue weighted by Gasteiger charge is 2.28. The van der Waals surface area contributed by atoms with Crippen molar-refractivity contribution < 1.29 is 9.59 Å². The number of hydrogen-bond donors (Lipinski definition) is 2. The van der Waals surface area contributed by atoms with E-state index in [-0.39, 0.29) is 24.3 Å². The van der Waals surface area contributed by atoms with Crippen molar-refractivity contribution >= 4 is 23.6 Å². The number of carbonyl (C=O) groups is 2. The zero-order valence-corrected chi connectivity index (χ0v) is 15.7. The average Bonchev–Trinajstić information content (AvgIpc) is 2.66. The lowest BCUT2D eigenvalue weighted by Gasteiger charge is -2.32. The highest BCUT2D eigenvalue weighted by molar-refractivity contribution is 5.92. The van der Waals surface area contributed by atoms with Crippen molar-refractivity contribution in [1.29, 1.82) is 0 Å². The predicted molar refractivity (Wildman–Crippen MR) is 108 cm³/mol. The summed E-state index contributed by atoms with van der Waals surface area (Å²) in [5.74, 6) is -0.192. The minimum Gasteiger partial charge on any atom is -0.326 e. The molecule has 3 rings (SSSR count). The summed E-state index contributed by atoms with van der Waals surface area (Å²) in [7, 11) is 0. The van der Waals surface area contributed by atoms with Gasteiger partial charge in [0.05, 0.1) is 12.5 Å². The first-order valence-electron chi connectivity index (χ1n) is 9.24. The third kappa shape index (κ3) is 4.63. The third-order valence-electron chi connectivity index (χ3n) is 4.64. The van der Waals surface area contributed by atoms with E-state index in [4.69, 9.17) is 0 Å². The number of hydrogen-bond acceptors (Lipinski definition) is 3. The van der Waals surface area contributed by atoms with E-state index in [1.54, 1.807) is 11.1 Å². The molecule has 0 saturated heterocycles. The van der Waals surface area contributed by atoms with Crippen molar-refractivity contribution in [2.45, 2.75) is 32.9 Å². The Bertz CT molecular complexity index is 860. The smallest absolute Gasteiger partial charge is 0.226 e. The molecule has 0 bridgehead atoms. The van der Waals surface area contributed by atoms with Crippen LogP contribution in [0.3, 0.4) is 0 Å². The number of nitrogens with zero attached hydrogens (tertiary/aromatic N) is 1. The Labute approximate surface area is 160 Å². The Kier molecular flexibility index (Phi) is 6.04. The van der Waals surface area contributed by atoms with Crippen LogP contribution in [0.4, 0.5) is 5.69 Å². The fraction of sp³-hybridized carbons (Fsp3) is 0.273. The molecular formula is C22H25N3O2. The van der Waals surface area contributed by atoms with Crippen molar-refractivity contribution in [3.8, 4) is 0 Å². The second-order valence-electron chi connectivity index (χ2n) is 6.62. The van der Waals surface area contributed by atoms with Crippen LogP contribution in [-0.2, 0) is 16.1 Å². The molecule has 2 aromatic carbocycles. The zero-order chi connectivity index (χ0) is 19.2. The minimum atomic E-state index is -0.298. The largest absolute Gasteiger partial charge is 0.326 e. The van der Waals surface area contributed by atoms with E-state index in [9.17, 15) is 9.59 Å². The fourth-order valence-corrected chi connectivity index (χ4v) is 3.33. The van der Waals surface area contributed by atoms with Crippen LogP contribution in [0.2, 0.25) is 0 Å². The van der Waals surface area contributed by atoms with Crippen LogP contribution >= 0.6 is 0 Å². The van der Waals surface area contributed by atoms with Crippen molar-refractivity contribution in [2.24, 2.45) is 0 Å². The van der Waals surface area contributed by atoms with Crippen LogP contribution in [0.5, 0.6) is 0 Å². The highest BCUT2D eigenvalue weighted by Crippen LogP contribution is 2.33. The third-order valence-corrected chi connectivity index (χ3v) is 4.64. The van der Waals surface area contributed by atoms with Gasteiger partial charge in [0.25, 0.3) is 0 Å². The van der Waals surface area contributed by atoms with E-state index in [0.717, 1.165) is 35.5 Å². The number of amides is 2. The van der Waals surface area contributed by atoms with Gasteiger partial charge in [0, 0.05) is 25.4 Å². The van der Waals surface area contributed by atoms with E-state index in [1.807, 2.05) is 54.6 Å². The first-order valence-corrected chi connectivity index (χ1v) is 9.24. The molecule has 1 aliphatic heterocycles. The van der Waals surface area contributed by atoms with Crippen LogP contribution in [0.25, 0.3) is 6.08 Å². The quantitative estimate of drug-likeness (QED) is 0.823. The van der Waals surface area contributed by atoms with Crippen LogP contribution in [0, 0.1) is 0 Å². The molecule has 2 amide bonds. The second-order valence-corrected chi connectivity index (χ2v) is 6.62. The number of rotatable bonds is 6. The van der Waals surface area contributed by atoms with Crippen LogP contribution in [0.1, 0.15) is 43.0 Å². The molecular weight excluding hydrogens is 338 g/mol. The Hall–Kier alpha value is -2.92. The van der Waals surface area contributed by atoms with E-state index in [1.165, 1.54) is 6.92 Å². The number of fused-ring (bicyclic) bond motifs is 1. The van der Waals surface area contributed by atoms with Gasteiger partial charge in [-0.05, 0) is 41.4 Å². The molecule has 1 atom stereocenters. The molecule has 27 heavy (non-hydrogen) atoms. The molecule has 1 unspecified atom stereocenters. The maximum absolute atomic E-state index is 12.7. The number of carbonyl (C=O) groups excluding carboxylic acids is 2. The molecule has 5 nitrogen and oxygen atoms in total. The lowest BCUT2D eigenvalue weighted by Crippen LogP contribution is -2.33. The molecule has 0 saturated carbocycles. The maximum atomic E-state index is 12.7. The van der Waals surface area contributed by atoms with Crippen molar-refractivity contribution in [3.05, 3.63) is 71.4 Å². The molecule has 5 heteroatoms. The molecule has 0 aromatic heterocycles. The molecule has 0 fully saturated rings. The topological polar surface area (TPSA) is 61.4 Å². The van der Waals surface area contributed by atoms with Gasteiger partial charge < -0.3 is 15.5 Å². The van der Waals surface area contributed by atoms with Crippen LogP contribution in [0.15, 0.2) is 54.7 Å². The Morgan fingerprint density at radius 1 is 1.11 bits per heavy atom. The monoisotopic (exact) mass is 363 g/mol. The number of anilines is 1. The van der Waals surface area contributed by atoms with Crippen LogP contribution < -0.4 is 10.6 Å². The molecule has 0 spiro atoms. The molecule has 0 aliphatic carbocycles. The van der Waals surface area contributed by atoms with E-state index in [2.05, 4.69) is 17.6 Å². The van der Waals surface area contributed by atoms with Gasteiger partial charge in [-0.25, -0.2) is 0 Å². The summed E-state index contributed by atoms with van der Waals surface area (Å²) >= 11 is 0. The summed E-state index contributed by atoms with van der Waals surface area (Å²) in [6.45, 7) is 5.24. The van der Waals surface area contributed by atoms with Gasteiger partial charge in [0.2, 0.25) is 11.8 Å². The summed E-state index contributed by atoms with van der Waals surface area (Å²) in [6.07, 6.45) is 3.88. The van der Waals surface area contributed by atoms with Gasteiger partial charge in [-0.1, -0.05) is 43.3 Å². The highest BCUT2D eigenvalue weighted by atomic mass is 16.2. The standard InChI is InChI=1S/C22H25N3O2/c1-3-23-15-17-7-6-9-19(13-17)24-22(27)14-21-20-10-5-4-8-18(20)11-12-25(21)16(2)26/h4-13,21,23H,3,14-15H2,1-2H3,(H,24,27). The fourth-order valence-electron chi connectivity index (χ4n) is 3.33. The maximum Gasteiger partial charge on any atom is 0.226 e. The van der Waals surface area contributed by atoms with E-state index < -0.39 is 0 Å². The van der Waals surface area contributed by atoms with E-state index >= 15 is 0 Å². The molecule has 0 radical (unpaired) electrons. The van der Waals surface area contributed by atoms with Gasteiger partial charge in [0.1, 0.15) is 0 Å². The van der Waals surface area contributed by atoms with Crippen molar-refractivity contribution in [3.63, 3.8) is 0 Å². The van der Waals surface area contributed by atoms with Crippen LogP contribution in [-0.4, -0.2) is 23.3 Å². The molecule has 1 heterocycles. The van der Waals surface area contributed by atoms with Crippen molar-refractivity contribution in [2.75, 3.05) is 11.9 Å². The van der Waals surface area contributed by atoms with E-state index in [0.29, 0.717) is 0 Å². The normalized spacial score (nSPS) is 15.3.